The first kappa shape index (κ1) is 19.6. The molecule has 3 aromatic rings. The number of carbonyl (C=O) groups is 2. The van der Waals surface area contributed by atoms with Crippen molar-refractivity contribution in [2.75, 3.05) is 4.90 Å². The number of aliphatic hydroxyl groups is 1. The molecule has 1 amide bonds. The van der Waals surface area contributed by atoms with Gasteiger partial charge in [-0.25, -0.2) is 8.78 Å². The molecular weight excluding hydrogens is 392 g/mol. The van der Waals surface area contributed by atoms with Crippen LogP contribution in [0.4, 0.5) is 14.5 Å². The molecule has 30 heavy (non-hydrogen) atoms. The molecule has 1 N–H and O–H groups in total. The molecule has 0 aliphatic carbocycles. The highest BCUT2D eigenvalue weighted by atomic mass is 19.1. The van der Waals surface area contributed by atoms with E-state index in [0.29, 0.717) is 11.6 Å². The molecule has 0 saturated carbocycles. The van der Waals surface area contributed by atoms with Gasteiger partial charge in [-0.3, -0.25) is 14.5 Å². The maximum absolute atomic E-state index is 14.5. The van der Waals surface area contributed by atoms with E-state index in [4.69, 9.17) is 4.42 Å². The van der Waals surface area contributed by atoms with Crippen LogP contribution in [0.2, 0.25) is 0 Å². The number of carbonyl (C=O) groups excluding carboxylic acids is 2. The van der Waals surface area contributed by atoms with Crippen molar-refractivity contribution in [3.8, 4) is 0 Å². The highest BCUT2D eigenvalue weighted by Gasteiger charge is 2.49. The van der Waals surface area contributed by atoms with Crippen molar-refractivity contribution in [2.45, 2.75) is 19.9 Å². The standard InChI is InChI=1S/C23H17F2NO4/c1-12-5-6-14(10-13(12)2)21(27)19-20(18-4-3-9-30-18)26(23(29)22(19)28)17-8-7-15(24)11-16(17)25/h3-11,20,27H,1-2H3/b21-19-. The molecule has 1 aromatic heterocycles. The summed E-state index contributed by atoms with van der Waals surface area (Å²) in [7, 11) is 0. The van der Waals surface area contributed by atoms with Crippen LogP contribution in [0.15, 0.2) is 64.8 Å². The number of Topliss-reactive ketones (excluding diaryl/α,β-unsaturated/α-hetero) is 1. The summed E-state index contributed by atoms with van der Waals surface area (Å²) in [5.41, 5.74) is 1.68. The van der Waals surface area contributed by atoms with Gasteiger partial charge in [0.15, 0.2) is 0 Å². The lowest BCUT2D eigenvalue weighted by atomic mass is 9.97. The lowest BCUT2D eigenvalue weighted by Gasteiger charge is -2.23. The van der Waals surface area contributed by atoms with Gasteiger partial charge in [0, 0.05) is 11.6 Å². The predicted octanol–water partition coefficient (Wildman–Crippen LogP) is 4.80. The SMILES string of the molecule is Cc1ccc(/C(O)=C2/C(=O)C(=O)N(c3ccc(F)cc3F)C2c2ccco2)cc1C. The largest absolute Gasteiger partial charge is 0.507 e. The number of hydrogen-bond acceptors (Lipinski definition) is 4. The number of ketones is 1. The van der Waals surface area contributed by atoms with Crippen LogP contribution >= 0.6 is 0 Å². The topological polar surface area (TPSA) is 70.8 Å². The fourth-order valence-corrected chi connectivity index (χ4v) is 3.52. The van der Waals surface area contributed by atoms with E-state index in [2.05, 4.69) is 0 Å². The van der Waals surface area contributed by atoms with Crippen LogP contribution in [0.25, 0.3) is 5.76 Å². The highest BCUT2D eigenvalue weighted by molar-refractivity contribution is 6.51. The first-order chi connectivity index (χ1) is 14.3. The molecule has 1 unspecified atom stereocenters. The minimum Gasteiger partial charge on any atom is -0.507 e. The quantitative estimate of drug-likeness (QED) is 0.383. The highest BCUT2D eigenvalue weighted by Crippen LogP contribution is 2.43. The van der Waals surface area contributed by atoms with Gasteiger partial charge in [-0.15, -0.1) is 0 Å². The third kappa shape index (κ3) is 3.08. The van der Waals surface area contributed by atoms with Crippen LogP contribution in [-0.2, 0) is 9.59 Å². The molecule has 4 rings (SSSR count). The zero-order chi connectivity index (χ0) is 21.6. The monoisotopic (exact) mass is 409 g/mol. The molecule has 5 nitrogen and oxygen atoms in total. The van der Waals surface area contributed by atoms with E-state index in [9.17, 15) is 23.5 Å². The Balaban J connectivity index is 1.95. The fraction of sp³-hybridized carbons (Fsp3) is 0.130. The summed E-state index contributed by atoms with van der Waals surface area (Å²) in [6, 6.07) is 9.63. The number of amides is 1. The van der Waals surface area contributed by atoms with Gasteiger partial charge in [0.05, 0.1) is 17.5 Å². The van der Waals surface area contributed by atoms with E-state index >= 15 is 0 Å². The van der Waals surface area contributed by atoms with Gasteiger partial charge >= 0.3 is 0 Å². The molecule has 1 aliphatic heterocycles. The van der Waals surface area contributed by atoms with Crippen molar-refractivity contribution >= 4 is 23.1 Å². The molecule has 1 atom stereocenters. The zero-order valence-electron chi connectivity index (χ0n) is 16.1. The Morgan fingerprint density at radius 2 is 1.80 bits per heavy atom. The minimum absolute atomic E-state index is 0.156. The third-order valence-electron chi connectivity index (χ3n) is 5.21. The average molecular weight is 409 g/mol. The molecule has 152 valence electrons. The molecule has 1 saturated heterocycles. The summed E-state index contributed by atoms with van der Waals surface area (Å²) < 4.78 is 33.3. The Hall–Kier alpha value is -3.74. The number of nitrogens with zero attached hydrogens (tertiary/aromatic N) is 1. The van der Waals surface area contributed by atoms with Crippen LogP contribution in [0.3, 0.4) is 0 Å². The number of anilines is 1. The fourth-order valence-electron chi connectivity index (χ4n) is 3.52. The molecular formula is C23H17F2NO4. The van der Waals surface area contributed by atoms with Gasteiger partial charge in [0.1, 0.15) is 29.2 Å². The Bertz CT molecular complexity index is 1200. The van der Waals surface area contributed by atoms with Crippen LogP contribution in [0.1, 0.15) is 28.5 Å². The third-order valence-corrected chi connectivity index (χ3v) is 5.21. The van der Waals surface area contributed by atoms with Crippen LogP contribution in [-0.4, -0.2) is 16.8 Å². The van der Waals surface area contributed by atoms with E-state index in [1.54, 1.807) is 24.3 Å². The van der Waals surface area contributed by atoms with Crippen molar-refractivity contribution in [3.05, 3.63) is 94.5 Å². The molecule has 2 aromatic carbocycles. The molecule has 1 aliphatic rings. The lowest BCUT2D eigenvalue weighted by Crippen LogP contribution is -2.30. The van der Waals surface area contributed by atoms with E-state index in [1.165, 1.54) is 12.3 Å². The van der Waals surface area contributed by atoms with E-state index in [1.807, 2.05) is 13.8 Å². The Morgan fingerprint density at radius 3 is 2.43 bits per heavy atom. The van der Waals surface area contributed by atoms with Crippen LogP contribution < -0.4 is 4.90 Å². The van der Waals surface area contributed by atoms with E-state index in [-0.39, 0.29) is 17.0 Å². The number of hydrogen-bond donors (Lipinski definition) is 1. The Labute approximate surface area is 170 Å². The first-order valence-electron chi connectivity index (χ1n) is 9.16. The smallest absolute Gasteiger partial charge is 0.300 e. The number of benzene rings is 2. The van der Waals surface area contributed by atoms with Gasteiger partial charge < -0.3 is 9.52 Å². The van der Waals surface area contributed by atoms with Crippen molar-refractivity contribution in [1.29, 1.82) is 0 Å². The van der Waals surface area contributed by atoms with Crippen molar-refractivity contribution in [2.24, 2.45) is 0 Å². The van der Waals surface area contributed by atoms with Crippen LogP contribution in [0, 0.1) is 25.5 Å². The maximum atomic E-state index is 14.5. The molecule has 0 spiro atoms. The normalized spacial score (nSPS) is 18.3. The van der Waals surface area contributed by atoms with E-state index in [0.717, 1.165) is 28.2 Å². The van der Waals surface area contributed by atoms with Gasteiger partial charge in [-0.2, -0.15) is 0 Å². The Morgan fingerprint density at radius 1 is 1.03 bits per heavy atom. The van der Waals surface area contributed by atoms with Crippen molar-refractivity contribution < 1.29 is 27.9 Å². The molecule has 2 heterocycles. The second kappa shape index (κ2) is 7.26. The molecule has 0 radical (unpaired) electrons. The average Bonchev–Trinajstić information content (AvgIpc) is 3.31. The number of halogens is 2. The van der Waals surface area contributed by atoms with Gasteiger partial charge in [-0.1, -0.05) is 12.1 Å². The second-order valence-corrected chi connectivity index (χ2v) is 7.08. The molecule has 1 fully saturated rings. The number of aryl methyl sites for hydroxylation is 2. The van der Waals surface area contributed by atoms with Gasteiger partial charge in [0.2, 0.25) is 0 Å². The summed E-state index contributed by atoms with van der Waals surface area (Å²) in [5.74, 6) is -4.12. The summed E-state index contributed by atoms with van der Waals surface area (Å²) in [6.45, 7) is 3.75. The minimum atomic E-state index is -1.21. The number of aliphatic hydroxyl groups excluding tert-OH is 1. The van der Waals surface area contributed by atoms with E-state index < -0.39 is 35.1 Å². The van der Waals surface area contributed by atoms with Gasteiger partial charge in [0.25, 0.3) is 11.7 Å². The number of furan rings is 1. The molecule has 0 bridgehead atoms. The molecule has 7 heteroatoms. The second-order valence-electron chi connectivity index (χ2n) is 7.08. The zero-order valence-corrected chi connectivity index (χ0v) is 16.1. The summed E-state index contributed by atoms with van der Waals surface area (Å²) in [6.07, 6.45) is 1.34. The lowest BCUT2D eigenvalue weighted by molar-refractivity contribution is -0.132. The number of rotatable bonds is 3. The van der Waals surface area contributed by atoms with Gasteiger partial charge in [-0.05, 0) is 55.3 Å². The summed E-state index contributed by atoms with van der Waals surface area (Å²) >= 11 is 0. The summed E-state index contributed by atoms with van der Waals surface area (Å²) in [5, 5.41) is 11.0. The summed E-state index contributed by atoms with van der Waals surface area (Å²) in [4.78, 5) is 26.6. The van der Waals surface area contributed by atoms with Crippen molar-refractivity contribution in [1.82, 2.24) is 0 Å². The maximum Gasteiger partial charge on any atom is 0.300 e. The van der Waals surface area contributed by atoms with Crippen LogP contribution in [0.5, 0.6) is 0 Å². The predicted molar refractivity (Wildman–Crippen MR) is 106 cm³/mol. The Kier molecular flexibility index (Phi) is 4.73. The first-order valence-corrected chi connectivity index (χ1v) is 9.16. The van der Waals surface area contributed by atoms with Crippen molar-refractivity contribution in [3.63, 3.8) is 0 Å².